The van der Waals surface area contributed by atoms with Gasteiger partial charge < -0.3 is 4.57 Å². The summed E-state index contributed by atoms with van der Waals surface area (Å²) in [7, 11) is -2.84. The molecule has 0 aliphatic carbocycles. The van der Waals surface area contributed by atoms with E-state index in [1.54, 1.807) is 0 Å². The summed E-state index contributed by atoms with van der Waals surface area (Å²) < 4.78 is 7.18. The number of hydrogen-bond donors (Lipinski definition) is 0. The molecule has 14 rings (SSSR count). The van der Waals surface area contributed by atoms with Gasteiger partial charge in [0.25, 0.3) is 0 Å². The van der Waals surface area contributed by atoms with Crippen LogP contribution in [0.4, 0.5) is 0 Å². The summed E-state index contributed by atoms with van der Waals surface area (Å²) in [4.78, 5) is 11.2. The van der Waals surface area contributed by atoms with E-state index >= 15 is 0 Å². The number of para-hydroxylation sites is 3. The molecular formula is C64H42N4SSi. The van der Waals surface area contributed by atoms with Crippen molar-refractivity contribution in [2.45, 2.75) is 0 Å². The highest BCUT2D eigenvalue weighted by molar-refractivity contribution is 7.25. The molecule has 0 unspecified atom stereocenters. The summed E-state index contributed by atoms with van der Waals surface area (Å²) in [5.41, 5.74) is 9.41. The molecule has 0 bridgehead atoms. The largest absolute Gasteiger partial charge is 0.309 e. The van der Waals surface area contributed by atoms with E-state index in [0.29, 0.717) is 5.95 Å². The van der Waals surface area contributed by atoms with E-state index in [0.717, 1.165) is 50.0 Å². The minimum atomic E-state index is -2.84. The van der Waals surface area contributed by atoms with Gasteiger partial charge in [0.2, 0.25) is 5.95 Å². The molecule has 4 aromatic heterocycles. The molecule has 70 heavy (non-hydrogen) atoms. The molecule has 0 saturated heterocycles. The minimum absolute atomic E-state index is 0.628. The predicted molar refractivity (Wildman–Crippen MR) is 298 cm³/mol. The van der Waals surface area contributed by atoms with Crippen LogP contribution in [0, 0.1) is 0 Å². The Labute approximate surface area is 409 Å². The van der Waals surface area contributed by atoms with Gasteiger partial charge in [-0.3, -0.25) is 4.57 Å². The van der Waals surface area contributed by atoms with Crippen LogP contribution < -0.4 is 20.7 Å². The van der Waals surface area contributed by atoms with Crippen LogP contribution >= 0.6 is 11.3 Å². The molecule has 4 nitrogen and oxygen atoms in total. The van der Waals surface area contributed by atoms with E-state index < -0.39 is 8.07 Å². The summed E-state index contributed by atoms with van der Waals surface area (Å²) in [5.74, 6) is 0.628. The first-order valence-electron chi connectivity index (χ1n) is 23.8. The number of thiophene rings is 1. The van der Waals surface area contributed by atoms with Crippen molar-refractivity contribution in [3.05, 3.63) is 255 Å². The first-order chi connectivity index (χ1) is 34.7. The average Bonchev–Trinajstić information content (AvgIpc) is 4.09. The van der Waals surface area contributed by atoms with Crippen LogP contribution in [0.2, 0.25) is 0 Å². The maximum absolute atomic E-state index is 5.63. The molecule has 0 fully saturated rings. The fraction of sp³-hybridized carbons (Fsp3) is 0. The molecule has 14 aromatic rings. The number of rotatable bonds is 8. The second kappa shape index (κ2) is 16.2. The SMILES string of the molecule is c1ccc([Si](c2ccccc2)(c2ccccc2)c2cccc(-c3cc(-c4ccc5c(c4)sc4ccccc45)nc(-n4c5ccccc5c5cc(-n6c7ccccc7c7ccccc76)ccc54)n3)c2)cc1. The third-order valence-electron chi connectivity index (χ3n) is 14.3. The van der Waals surface area contributed by atoms with E-state index in [2.05, 4.69) is 264 Å². The average molecular weight is 927 g/mol. The molecule has 0 aliphatic rings. The minimum Gasteiger partial charge on any atom is -0.309 e. The summed E-state index contributed by atoms with van der Waals surface area (Å²) in [6.07, 6.45) is 0. The highest BCUT2D eigenvalue weighted by Crippen LogP contribution is 2.39. The third kappa shape index (κ3) is 6.27. The van der Waals surface area contributed by atoms with Gasteiger partial charge in [-0.15, -0.1) is 11.3 Å². The lowest BCUT2D eigenvalue weighted by atomic mass is 10.1. The Hall–Kier alpha value is -8.68. The van der Waals surface area contributed by atoms with E-state index in [4.69, 9.17) is 9.97 Å². The number of aromatic nitrogens is 4. The van der Waals surface area contributed by atoms with Gasteiger partial charge in [0.1, 0.15) is 0 Å². The molecule has 0 saturated carbocycles. The van der Waals surface area contributed by atoms with Crippen LogP contribution in [-0.2, 0) is 0 Å². The van der Waals surface area contributed by atoms with Crippen LogP contribution in [0.15, 0.2) is 255 Å². The quantitative estimate of drug-likeness (QED) is 0.112. The standard InChI is InChI=1S/C64H42N4SSi/c1-4-20-46(21-5-1)70(47-22-6-2-7-23-47,48-24-8-3-9-25-48)49-26-18-19-43(39-49)56-42-57(44-35-37-54-53-30-13-17-34-62(53)69-63(54)40-44)66-64(65-56)68-60-33-16-12-29-52(60)55-41-45(36-38-61(55)68)67-58-31-14-10-27-50(58)51-28-11-15-32-59(51)67/h1-42H. The Balaban J connectivity index is 1.01. The fourth-order valence-corrected chi connectivity index (χ4v) is 17.1. The Morgan fingerprint density at radius 3 is 1.39 bits per heavy atom. The summed E-state index contributed by atoms with van der Waals surface area (Å²) in [5, 5.41) is 12.6. The Bertz CT molecular complexity index is 4160. The number of nitrogens with zero attached hydrogens (tertiary/aromatic N) is 4. The van der Waals surface area contributed by atoms with E-state index in [1.165, 1.54) is 62.7 Å². The highest BCUT2D eigenvalue weighted by atomic mass is 32.1. The summed E-state index contributed by atoms with van der Waals surface area (Å²) in [6.45, 7) is 0. The van der Waals surface area contributed by atoms with Gasteiger partial charge in [0.15, 0.2) is 8.07 Å². The van der Waals surface area contributed by atoms with Gasteiger partial charge in [0, 0.05) is 58.5 Å². The highest BCUT2D eigenvalue weighted by Gasteiger charge is 2.41. The van der Waals surface area contributed by atoms with Crippen molar-refractivity contribution in [2.75, 3.05) is 0 Å². The monoisotopic (exact) mass is 926 g/mol. The third-order valence-corrected chi connectivity index (χ3v) is 20.2. The van der Waals surface area contributed by atoms with Crippen molar-refractivity contribution in [3.63, 3.8) is 0 Å². The van der Waals surface area contributed by atoms with Crippen molar-refractivity contribution in [2.24, 2.45) is 0 Å². The van der Waals surface area contributed by atoms with Gasteiger partial charge in [-0.25, -0.2) is 9.97 Å². The first-order valence-corrected chi connectivity index (χ1v) is 26.6. The molecule has 0 amide bonds. The summed E-state index contributed by atoms with van der Waals surface area (Å²) in [6, 6.07) is 93.2. The Morgan fingerprint density at radius 1 is 0.300 bits per heavy atom. The molecule has 0 radical (unpaired) electrons. The smallest absolute Gasteiger partial charge is 0.235 e. The van der Waals surface area contributed by atoms with Crippen LogP contribution in [0.3, 0.4) is 0 Å². The topological polar surface area (TPSA) is 35.6 Å². The lowest BCUT2D eigenvalue weighted by Gasteiger charge is -2.34. The number of benzene rings is 10. The molecule has 328 valence electrons. The fourth-order valence-electron chi connectivity index (χ4n) is 11.2. The lowest BCUT2D eigenvalue weighted by Crippen LogP contribution is -2.74. The van der Waals surface area contributed by atoms with Crippen molar-refractivity contribution in [1.82, 2.24) is 19.1 Å². The van der Waals surface area contributed by atoms with Gasteiger partial charge in [0.05, 0.1) is 33.5 Å². The molecule has 10 aromatic carbocycles. The summed E-state index contributed by atoms with van der Waals surface area (Å²) >= 11 is 1.83. The van der Waals surface area contributed by atoms with Crippen molar-refractivity contribution >= 4 is 104 Å². The molecule has 4 heterocycles. The zero-order valence-electron chi connectivity index (χ0n) is 37.9. The van der Waals surface area contributed by atoms with Crippen LogP contribution in [0.5, 0.6) is 0 Å². The first kappa shape index (κ1) is 40.4. The zero-order chi connectivity index (χ0) is 46.2. The normalized spacial score (nSPS) is 12.0. The lowest BCUT2D eigenvalue weighted by molar-refractivity contribution is 0.995. The van der Waals surface area contributed by atoms with Gasteiger partial charge in [-0.2, -0.15) is 0 Å². The second-order valence-corrected chi connectivity index (χ2v) is 23.0. The van der Waals surface area contributed by atoms with Gasteiger partial charge in [-0.05, 0) is 75.3 Å². The van der Waals surface area contributed by atoms with Crippen molar-refractivity contribution < 1.29 is 0 Å². The Morgan fingerprint density at radius 2 is 0.771 bits per heavy atom. The molecular weight excluding hydrogens is 885 g/mol. The second-order valence-electron chi connectivity index (χ2n) is 18.1. The molecule has 0 N–H and O–H groups in total. The maximum Gasteiger partial charge on any atom is 0.235 e. The van der Waals surface area contributed by atoms with Gasteiger partial charge >= 0.3 is 0 Å². The van der Waals surface area contributed by atoms with Crippen molar-refractivity contribution in [1.29, 1.82) is 0 Å². The molecule has 0 spiro atoms. The van der Waals surface area contributed by atoms with E-state index in [1.807, 2.05) is 11.3 Å². The van der Waals surface area contributed by atoms with Gasteiger partial charge in [-0.1, -0.05) is 200 Å². The maximum atomic E-state index is 5.63. The predicted octanol–water partition coefficient (Wildman–Crippen LogP) is 13.8. The van der Waals surface area contributed by atoms with Crippen LogP contribution in [0.25, 0.3) is 97.9 Å². The molecule has 6 heteroatoms. The zero-order valence-corrected chi connectivity index (χ0v) is 39.8. The molecule has 0 aliphatic heterocycles. The van der Waals surface area contributed by atoms with Crippen LogP contribution in [0.1, 0.15) is 0 Å². The number of hydrogen-bond acceptors (Lipinski definition) is 3. The van der Waals surface area contributed by atoms with E-state index in [-0.39, 0.29) is 0 Å². The van der Waals surface area contributed by atoms with Crippen LogP contribution in [-0.4, -0.2) is 27.2 Å². The van der Waals surface area contributed by atoms with Crippen molar-refractivity contribution in [3.8, 4) is 34.2 Å². The number of fused-ring (bicyclic) bond motifs is 9. The Kier molecular flexibility index (Phi) is 9.37. The molecule has 0 atom stereocenters. The van der Waals surface area contributed by atoms with E-state index in [9.17, 15) is 0 Å².